The molecule has 0 aliphatic heterocycles. The summed E-state index contributed by atoms with van der Waals surface area (Å²) in [5, 5.41) is 0.509. The lowest BCUT2D eigenvalue weighted by Gasteiger charge is -2.15. The zero-order valence-electron chi connectivity index (χ0n) is 15.6. The molecule has 0 saturated heterocycles. The number of aryl methyl sites for hydroxylation is 2. The Balaban J connectivity index is 1.91. The van der Waals surface area contributed by atoms with E-state index >= 15 is 0 Å². The standard InChI is InChI=1S/C20H19N5O2/c1-11-5-6-17(27-4)12(2)18(11)25-10-23-19-15(20(25)26)7-16(24-19)14-8-21-13(3)22-9-14/h5-10,24H,1-4H3. The highest BCUT2D eigenvalue weighted by Crippen LogP contribution is 2.27. The van der Waals surface area contributed by atoms with Crippen molar-refractivity contribution in [3.8, 4) is 22.7 Å². The minimum atomic E-state index is -0.144. The van der Waals surface area contributed by atoms with Gasteiger partial charge < -0.3 is 9.72 Å². The Bertz CT molecular complexity index is 1210. The lowest BCUT2D eigenvalue weighted by molar-refractivity contribution is 0.411. The van der Waals surface area contributed by atoms with Crippen LogP contribution < -0.4 is 10.3 Å². The van der Waals surface area contributed by atoms with Gasteiger partial charge in [-0.05, 0) is 38.5 Å². The molecule has 0 unspecified atom stereocenters. The van der Waals surface area contributed by atoms with Gasteiger partial charge in [-0.15, -0.1) is 0 Å². The minimum absolute atomic E-state index is 0.144. The van der Waals surface area contributed by atoms with Gasteiger partial charge in [-0.1, -0.05) is 6.07 Å². The second-order valence-electron chi connectivity index (χ2n) is 6.44. The first-order chi connectivity index (χ1) is 13.0. The van der Waals surface area contributed by atoms with E-state index in [1.54, 1.807) is 36.5 Å². The van der Waals surface area contributed by atoms with Crippen LogP contribution in [0.15, 0.2) is 41.7 Å². The van der Waals surface area contributed by atoms with E-state index in [0.29, 0.717) is 16.9 Å². The molecule has 0 saturated carbocycles. The van der Waals surface area contributed by atoms with Gasteiger partial charge in [0.25, 0.3) is 5.56 Å². The summed E-state index contributed by atoms with van der Waals surface area (Å²) in [6.07, 6.45) is 5.00. The highest BCUT2D eigenvalue weighted by Gasteiger charge is 2.15. The summed E-state index contributed by atoms with van der Waals surface area (Å²) < 4.78 is 6.97. The van der Waals surface area contributed by atoms with Gasteiger partial charge >= 0.3 is 0 Å². The second-order valence-corrected chi connectivity index (χ2v) is 6.44. The number of aromatic amines is 1. The smallest absolute Gasteiger partial charge is 0.267 e. The molecule has 0 fully saturated rings. The van der Waals surface area contributed by atoms with E-state index in [9.17, 15) is 4.79 Å². The number of H-pyrrole nitrogens is 1. The normalized spacial score (nSPS) is 11.1. The Labute approximate surface area is 155 Å². The molecule has 3 heterocycles. The second kappa shape index (κ2) is 6.35. The van der Waals surface area contributed by atoms with Crippen LogP contribution in [0.3, 0.4) is 0 Å². The SMILES string of the molecule is COc1ccc(C)c(-n2cnc3[nH]c(-c4cnc(C)nc4)cc3c2=O)c1C. The lowest BCUT2D eigenvalue weighted by atomic mass is 10.1. The van der Waals surface area contributed by atoms with Crippen LogP contribution >= 0.6 is 0 Å². The number of hydrogen-bond donors (Lipinski definition) is 1. The fourth-order valence-electron chi connectivity index (χ4n) is 3.26. The van der Waals surface area contributed by atoms with Gasteiger partial charge in [-0.3, -0.25) is 9.36 Å². The quantitative estimate of drug-likeness (QED) is 0.606. The molecule has 7 nitrogen and oxygen atoms in total. The zero-order chi connectivity index (χ0) is 19.1. The molecule has 0 radical (unpaired) electrons. The van der Waals surface area contributed by atoms with E-state index in [0.717, 1.165) is 33.8 Å². The lowest BCUT2D eigenvalue weighted by Crippen LogP contribution is -2.20. The molecule has 0 aliphatic rings. The maximum absolute atomic E-state index is 13.2. The molecule has 1 N–H and O–H groups in total. The summed E-state index contributed by atoms with van der Waals surface area (Å²) in [6, 6.07) is 5.63. The van der Waals surface area contributed by atoms with Crippen molar-refractivity contribution >= 4 is 11.0 Å². The summed E-state index contributed by atoms with van der Waals surface area (Å²) >= 11 is 0. The number of hydrogen-bond acceptors (Lipinski definition) is 5. The first-order valence-corrected chi connectivity index (χ1v) is 8.53. The van der Waals surface area contributed by atoms with Crippen molar-refractivity contribution in [3.63, 3.8) is 0 Å². The van der Waals surface area contributed by atoms with E-state index < -0.39 is 0 Å². The van der Waals surface area contributed by atoms with Crippen molar-refractivity contribution in [1.82, 2.24) is 24.5 Å². The molecule has 0 atom stereocenters. The van der Waals surface area contributed by atoms with Gasteiger partial charge in [-0.2, -0.15) is 0 Å². The predicted octanol–water partition coefficient (Wildman–Crippen LogP) is 3.10. The fraction of sp³-hybridized carbons (Fsp3) is 0.200. The third-order valence-corrected chi connectivity index (χ3v) is 4.68. The summed E-state index contributed by atoms with van der Waals surface area (Å²) in [7, 11) is 1.62. The Kier molecular flexibility index (Phi) is 3.99. The highest BCUT2D eigenvalue weighted by atomic mass is 16.5. The number of methoxy groups -OCH3 is 1. The number of nitrogens with zero attached hydrogens (tertiary/aromatic N) is 4. The predicted molar refractivity (Wildman–Crippen MR) is 103 cm³/mol. The van der Waals surface area contributed by atoms with Crippen molar-refractivity contribution in [3.05, 3.63) is 64.2 Å². The molecule has 7 heteroatoms. The van der Waals surface area contributed by atoms with Crippen molar-refractivity contribution in [2.24, 2.45) is 0 Å². The molecule has 27 heavy (non-hydrogen) atoms. The Morgan fingerprint density at radius 1 is 1.07 bits per heavy atom. The number of nitrogens with one attached hydrogen (secondary N) is 1. The van der Waals surface area contributed by atoms with Gasteiger partial charge in [-0.25, -0.2) is 15.0 Å². The van der Waals surface area contributed by atoms with Gasteiger partial charge in [0, 0.05) is 23.5 Å². The van der Waals surface area contributed by atoms with Gasteiger partial charge in [0.2, 0.25) is 0 Å². The van der Waals surface area contributed by atoms with E-state index in [2.05, 4.69) is 19.9 Å². The number of fused-ring (bicyclic) bond motifs is 1. The fourth-order valence-corrected chi connectivity index (χ4v) is 3.26. The molecule has 0 amide bonds. The average Bonchev–Trinajstić information content (AvgIpc) is 3.09. The van der Waals surface area contributed by atoms with Gasteiger partial charge in [0.1, 0.15) is 23.5 Å². The zero-order valence-corrected chi connectivity index (χ0v) is 15.6. The molecule has 3 aromatic heterocycles. The third kappa shape index (κ3) is 2.77. The van der Waals surface area contributed by atoms with Crippen molar-refractivity contribution in [1.29, 1.82) is 0 Å². The van der Waals surface area contributed by atoms with Gasteiger partial charge in [0.15, 0.2) is 0 Å². The average molecular weight is 361 g/mol. The van der Waals surface area contributed by atoms with Crippen LogP contribution in [0.1, 0.15) is 17.0 Å². The summed E-state index contributed by atoms with van der Waals surface area (Å²) in [5.41, 5.74) is 4.60. The van der Waals surface area contributed by atoms with Crippen LogP contribution in [0.5, 0.6) is 5.75 Å². The van der Waals surface area contributed by atoms with Crippen molar-refractivity contribution < 1.29 is 4.74 Å². The minimum Gasteiger partial charge on any atom is -0.496 e. The number of ether oxygens (including phenoxy) is 1. The molecule has 1 aromatic carbocycles. The first kappa shape index (κ1) is 17.0. The largest absolute Gasteiger partial charge is 0.496 e. The van der Waals surface area contributed by atoms with E-state index in [1.165, 1.54) is 0 Å². The maximum Gasteiger partial charge on any atom is 0.267 e. The monoisotopic (exact) mass is 361 g/mol. The molecule has 0 bridgehead atoms. The van der Waals surface area contributed by atoms with Crippen molar-refractivity contribution in [2.45, 2.75) is 20.8 Å². The Hall–Kier alpha value is -3.48. The Morgan fingerprint density at radius 2 is 1.81 bits per heavy atom. The topological polar surface area (TPSA) is 85.7 Å². The number of aromatic nitrogens is 5. The van der Waals surface area contributed by atoms with E-state index in [-0.39, 0.29) is 5.56 Å². The Morgan fingerprint density at radius 3 is 2.52 bits per heavy atom. The summed E-state index contributed by atoms with van der Waals surface area (Å²) in [5.74, 6) is 1.42. The van der Waals surface area contributed by atoms with Crippen LogP contribution in [0.25, 0.3) is 28.0 Å². The number of benzene rings is 1. The van der Waals surface area contributed by atoms with Crippen molar-refractivity contribution in [2.75, 3.05) is 7.11 Å². The van der Waals surface area contributed by atoms with Crippen LogP contribution in [0, 0.1) is 20.8 Å². The molecule has 4 rings (SSSR count). The van der Waals surface area contributed by atoms with Crippen LogP contribution in [0.4, 0.5) is 0 Å². The van der Waals surface area contributed by atoms with Gasteiger partial charge in [0.05, 0.1) is 23.9 Å². The molecule has 136 valence electrons. The molecule has 0 spiro atoms. The molecular formula is C20H19N5O2. The molecular weight excluding hydrogens is 342 g/mol. The van der Waals surface area contributed by atoms with Crippen LogP contribution in [0.2, 0.25) is 0 Å². The molecule has 0 aliphatic carbocycles. The van der Waals surface area contributed by atoms with E-state index in [4.69, 9.17) is 4.74 Å². The van der Waals surface area contributed by atoms with Crippen LogP contribution in [-0.2, 0) is 0 Å². The maximum atomic E-state index is 13.2. The first-order valence-electron chi connectivity index (χ1n) is 8.53. The number of rotatable bonds is 3. The van der Waals surface area contributed by atoms with E-state index in [1.807, 2.05) is 32.9 Å². The van der Waals surface area contributed by atoms with Crippen LogP contribution in [-0.4, -0.2) is 31.6 Å². The highest BCUT2D eigenvalue weighted by molar-refractivity contribution is 5.82. The third-order valence-electron chi connectivity index (χ3n) is 4.68. The summed E-state index contributed by atoms with van der Waals surface area (Å²) in [4.78, 5) is 29.2. The molecule has 4 aromatic rings. The summed E-state index contributed by atoms with van der Waals surface area (Å²) in [6.45, 7) is 5.72.